The molecule has 1 nitrogen and oxygen atoms in total. The van der Waals surface area contributed by atoms with Crippen molar-refractivity contribution in [3.8, 4) is 11.1 Å². The van der Waals surface area contributed by atoms with E-state index in [0.29, 0.717) is 12.0 Å². The van der Waals surface area contributed by atoms with Crippen LogP contribution in [0.1, 0.15) is 45.1 Å². The minimum absolute atomic E-state index is 0.0445. The quantitative estimate of drug-likeness (QED) is 0.730. The van der Waals surface area contributed by atoms with E-state index in [-0.39, 0.29) is 5.60 Å². The van der Waals surface area contributed by atoms with Gasteiger partial charge in [0.1, 0.15) is 0 Å². The normalized spacial score (nSPS) is 22.1. The molecule has 1 aliphatic rings. The molecule has 0 aliphatic carbocycles. The van der Waals surface area contributed by atoms with Crippen molar-refractivity contribution in [1.29, 1.82) is 0 Å². The van der Waals surface area contributed by atoms with Crippen LogP contribution in [0.25, 0.3) is 11.1 Å². The molecule has 2 atom stereocenters. The summed E-state index contributed by atoms with van der Waals surface area (Å²) >= 11 is 0. The smallest absolute Gasteiger partial charge is 0.0649 e. The van der Waals surface area contributed by atoms with Gasteiger partial charge in [-0.15, -0.1) is 0 Å². The van der Waals surface area contributed by atoms with Crippen LogP contribution in [0.15, 0.2) is 54.6 Å². The Labute approximate surface area is 128 Å². The minimum atomic E-state index is 0.0445. The van der Waals surface area contributed by atoms with E-state index in [1.165, 1.54) is 16.7 Å². The predicted molar refractivity (Wildman–Crippen MR) is 88.5 cm³/mol. The van der Waals surface area contributed by atoms with E-state index in [0.717, 1.165) is 12.8 Å². The Balaban J connectivity index is 1.75. The second kappa shape index (κ2) is 5.65. The second-order valence-electron chi connectivity index (χ2n) is 6.73. The summed E-state index contributed by atoms with van der Waals surface area (Å²) in [5.41, 5.74) is 3.97. The molecule has 0 amide bonds. The third-order valence-corrected chi connectivity index (χ3v) is 4.60. The fraction of sp³-hybridized carbons (Fsp3) is 0.400. The molecule has 2 aromatic carbocycles. The highest BCUT2D eigenvalue weighted by molar-refractivity contribution is 5.63. The third kappa shape index (κ3) is 3.19. The Bertz CT molecular complexity index is 583. The fourth-order valence-corrected chi connectivity index (χ4v) is 3.19. The Hall–Kier alpha value is -1.60. The Morgan fingerprint density at radius 1 is 0.952 bits per heavy atom. The number of ether oxygens (including phenoxy) is 1. The SMILES string of the molecule is C[C@@H](c1ccc(-c2ccccc2)cc1)[C@H]1CCC(C)(C)O1. The highest BCUT2D eigenvalue weighted by Gasteiger charge is 2.34. The van der Waals surface area contributed by atoms with Crippen LogP contribution in [-0.2, 0) is 4.74 Å². The zero-order valence-electron chi connectivity index (χ0n) is 13.2. The zero-order chi connectivity index (χ0) is 14.9. The molecule has 1 heterocycles. The topological polar surface area (TPSA) is 9.23 Å². The van der Waals surface area contributed by atoms with Crippen LogP contribution in [-0.4, -0.2) is 11.7 Å². The van der Waals surface area contributed by atoms with Crippen LogP contribution in [0.4, 0.5) is 0 Å². The molecule has 0 aromatic heterocycles. The minimum Gasteiger partial charge on any atom is -0.372 e. The number of rotatable bonds is 3. The summed E-state index contributed by atoms with van der Waals surface area (Å²) in [6, 6.07) is 19.5. The van der Waals surface area contributed by atoms with Gasteiger partial charge in [-0.25, -0.2) is 0 Å². The van der Waals surface area contributed by atoms with Crippen molar-refractivity contribution in [3.05, 3.63) is 60.2 Å². The van der Waals surface area contributed by atoms with E-state index in [2.05, 4.69) is 75.4 Å². The lowest BCUT2D eigenvalue weighted by atomic mass is 9.91. The van der Waals surface area contributed by atoms with Crippen molar-refractivity contribution < 1.29 is 4.74 Å². The van der Waals surface area contributed by atoms with Gasteiger partial charge in [-0.1, -0.05) is 61.5 Å². The van der Waals surface area contributed by atoms with Gasteiger partial charge in [0.2, 0.25) is 0 Å². The molecule has 110 valence electrons. The van der Waals surface area contributed by atoms with Crippen LogP contribution in [0.5, 0.6) is 0 Å². The first-order valence-electron chi connectivity index (χ1n) is 7.88. The van der Waals surface area contributed by atoms with Gasteiger partial charge in [-0.3, -0.25) is 0 Å². The van der Waals surface area contributed by atoms with E-state index in [1.807, 2.05) is 0 Å². The average Bonchev–Trinajstić information content (AvgIpc) is 2.88. The average molecular weight is 280 g/mol. The highest BCUT2D eigenvalue weighted by Crippen LogP contribution is 2.37. The molecule has 3 rings (SSSR count). The number of hydrogen-bond donors (Lipinski definition) is 0. The zero-order valence-corrected chi connectivity index (χ0v) is 13.2. The first-order chi connectivity index (χ1) is 10.1. The maximum absolute atomic E-state index is 6.18. The summed E-state index contributed by atoms with van der Waals surface area (Å²) in [6.45, 7) is 6.67. The van der Waals surface area contributed by atoms with Gasteiger partial charge in [0.25, 0.3) is 0 Å². The highest BCUT2D eigenvalue weighted by atomic mass is 16.5. The van der Waals surface area contributed by atoms with Crippen LogP contribution >= 0.6 is 0 Å². The van der Waals surface area contributed by atoms with E-state index in [4.69, 9.17) is 4.74 Å². The molecule has 0 unspecified atom stereocenters. The van der Waals surface area contributed by atoms with Crippen LogP contribution in [0.3, 0.4) is 0 Å². The predicted octanol–water partition coefficient (Wildman–Crippen LogP) is 5.41. The van der Waals surface area contributed by atoms with Crippen molar-refractivity contribution in [2.45, 2.75) is 51.2 Å². The van der Waals surface area contributed by atoms with Gasteiger partial charge < -0.3 is 4.74 Å². The first-order valence-corrected chi connectivity index (χ1v) is 7.88. The van der Waals surface area contributed by atoms with Gasteiger partial charge in [0.05, 0.1) is 11.7 Å². The molecule has 1 heteroatoms. The van der Waals surface area contributed by atoms with Crippen molar-refractivity contribution in [1.82, 2.24) is 0 Å². The fourth-order valence-electron chi connectivity index (χ4n) is 3.19. The standard InChI is InChI=1S/C20H24O/c1-15(19-13-14-20(2,3)21-19)16-9-11-18(12-10-16)17-7-5-4-6-8-17/h4-12,15,19H,13-14H2,1-3H3/t15-,19+/m0/s1. The summed E-state index contributed by atoms with van der Waals surface area (Å²) in [7, 11) is 0. The molecule has 0 spiro atoms. The van der Waals surface area contributed by atoms with Gasteiger partial charge in [0.15, 0.2) is 0 Å². The molecule has 1 aliphatic heterocycles. The van der Waals surface area contributed by atoms with Crippen LogP contribution in [0, 0.1) is 0 Å². The maximum Gasteiger partial charge on any atom is 0.0649 e. The molecule has 21 heavy (non-hydrogen) atoms. The van der Waals surface area contributed by atoms with E-state index < -0.39 is 0 Å². The molecule has 0 N–H and O–H groups in total. The molecule has 1 saturated heterocycles. The van der Waals surface area contributed by atoms with Gasteiger partial charge in [-0.05, 0) is 43.4 Å². The maximum atomic E-state index is 6.18. The van der Waals surface area contributed by atoms with Crippen LogP contribution < -0.4 is 0 Å². The number of benzene rings is 2. The molecule has 1 fully saturated rings. The van der Waals surface area contributed by atoms with Crippen LogP contribution in [0.2, 0.25) is 0 Å². The first kappa shape index (κ1) is 14.3. The largest absolute Gasteiger partial charge is 0.372 e. The molecule has 0 saturated carbocycles. The molecule has 0 bridgehead atoms. The molecular weight excluding hydrogens is 256 g/mol. The molecule has 0 radical (unpaired) electrons. The lowest BCUT2D eigenvalue weighted by molar-refractivity contribution is -0.0242. The van der Waals surface area contributed by atoms with Gasteiger partial charge in [-0.2, -0.15) is 0 Å². The van der Waals surface area contributed by atoms with Crippen molar-refractivity contribution in [2.24, 2.45) is 0 Å². The second-order valence-corrected chi connectivity index (χ2v) is 6.73. The van der Waals surface area contributed by atoms with Crippen molar-refractivity contribution in [3.63, 3.8) is 0 Å². The Morgan fingerprint density at radius 2 is 1.57 bits per heavy atom. The lowest BCUT2D eigenvalue weighted by Crippen LogP contribution is -2.23. The lowest BCUT2D eigenvalue weighted by Gasteiger charge is -2.24. The summed E-state index contributed by atoms with van der Waals surface area (Å²) in [5, 5.41) is 0. The van der Waals surface area contributed by atoms with Gasteiger partial charge >= 0.3 is 0 Å². The molecular formula is C20H24O. The third-order valence-electron chi connectivity index (χ3n) is 4.60. The Morgan fingerprint density at radius 3 is 2.14 bits per heavy atom. The van der Waals surface area contributed by atoms with Gasteiger partial charge in [0, 0.05) is 5.92 Å². The summed E-state index contributed by atoms with van der Waals surface area (Å²) in [5.74, 6) is 0.455. The van der Waals surface area contributed by atoms with Crippen molar-refractivity contribution >= 4 is 0 Å². The molecule has 2 aromatic rings. The summed E-state index contributed by atoms with van der Waals surface area (Å²) in [6.07, 6.45) is 2.67. The number of hydrogen-bond acceptors (Lipinski definition) is 1. The van der Waals surface area contributed by atoms with Crippen molar-refractivity contribution in [2.75, 3.05) is 0 Å². The Kier molecular flexibility index (Phi) is 3.86. The van der Waals surface area contributed by atoms with E-state index >= 15 is 0 Å². The van der Waals surface area contributed by atoms with E-state index in [1.54, 1.807) is 0 Å². The summed E-state index contributed by atoms with van der Waals surface area (Å²) < 4.78 is 6.18. The monoisotopic (exact) mass is 280 g/mol. The summed E-state index contributed by atoms with van der Waals surface area (Å²) in [4.78, 5) is 0. The van der Waals surface area contributed by atoms with E-state index in [9.17, 15) is 0 Å².